The van der Waals surface area contributed by atoms with Crippen molar-refractivity contribution < 1.29 is 0 Å². The van der Waals surface area contributed by atoms with Crippen molar-refractivity contribution in [2.45, 2.75) is 24.7 Å². The molecule has 2 aliphatic rings. The summed E-state index contributed by atoms with van der Waals surface area (Å²) in [6.45, 7) is 4.77. The first-order valence-electron chi connectivity index (χ1n) is 22.1. The lowest BCUT2D eigenvalue weighted by Crippen LogP contribution is -2.40. The molecule has 1 nitrogen and oxygen atoms in total. The predicted octanol–water partition coefficient (Wildman–Crippen LogP) is 16.3. The van der Waals surface area contributed by atoms with Crippen molar-refractivity contribution in [2.24, 2.45) is 0 Å². The van der Waals surface area contributed by atoms with Gasteiger partial charge < -0.3 is 4.90 Å². The Bertz CT molecular complexity index is 3210. The summed E-state index contributed by atoms with van der Waals surface area (Å²) >= 11 is 0. The molecule has 1 heteroatoms. The van der Waals surface area contributed by atoms with Crippen LogP contribution >= 0.6 is 0 Å². The summed E-state index contributed by atoms with van der Waals surface area (Å²) in [6.07, 6.45) is 0. The summed E-state index contributed by atoms with van der Waals surface area (Å²) in [5, 5.41) is 2.42. The van der Waals surface area contributed by atoms with E-state index in [1.54, 1.807) is 0 Å². The van der Waals surface area contributed by atoms with Crippen LogP contribution in [0.5, 0.6) is 0 Å². The molecular formula is C62H45N. The molecule has 0 atom stereocenters. The summed E-state index contributed by atoms with van der Waals surface area (Å²) in [5.41, 5.74) is 21.0. The van der Waals surface area contributed by atoms with Gasteiger partial charge in [-0.05, 0) is 120 Å². The van der Waals surface area contributed by atoms with Crippen molar-refractivity contribution in [3.05, 3.63) is 270 Å². The highest BCUT2D eigenvalue weighted by atomic mass is 15.1. The van der Waals surface area contributed by atoms with E-state index in [2.05, 4.69) is 255 Å². The minimum Gasteiger partial charge on any atom is -0.310 e. The Kier molecular flexibility index (Phi) is 8.49. The molecule has 0 fully saturated rings. The first-order valence-corrected chi connectivity index (χ1v) is 22.1. The van der Waals surface area contributed by atoms with Crippen molar-refractivity contribution in [2.75, 3.05) is 4.90 Å². The Hall–Kier alpha value is -7.74. The smallest absolute Gasteiger partial charge is 0.0719 e. The SMILES string of the molecule is CC1(C)c2ccccc2C2(c3ccccc3-c3cc(-c4ccc(N(c5ccc(-c6ccccc6)cc5)c5ccc(-c6ccccc6)cc5)c5ccccc45)ccc32)c2ccccc21. The topological polar surface area (TPSA) is 3.24 Å². The maximum Gasteiger partial charge on any atom is 0.0719 e. The minimum absolute atomic E-state index is 0.127. The number of nitrogens with zero attached hydrogens (tertiary/aromatic N) is 1. The maximum absolute atomic E-state index is 2.47. The molecule has 0 aliphatic heterocycles. The average Bonchev–Trinajstić information content (AvgIpc) is 3.64. The van der Waals surface area contributed by atoms with Gasteiger partial charge in [-0.2, -0.15) is 0 Å². The zero-order chi connectivity index (χ0) is 42.1. The highest BCUT2D eigenvalue weighted by Gasteiger charge is 2.53. The van der Waals surface area contributed by atoms with Gasteiger partial charge in [-0.15, -0.1) is 0 Å². The molecule has 0 radical (unpaired) electrons. The van der Waals surface area contributed by atoms with Gasteiger partial charge in [-0.25, -0.2) is 0 Å². The molecule has 12 rings (SSSR count). The number of fused-ring (bicyclic) bond motifs is 10. The number of hydrogen-bond acceptors (Lipinski definition) is 1. The minimum atomic E-state index is -0.411. The monoisotopic (exact) mass is 803 g/mol. The first kappa shape index (κ1) is 37.1. The molecule has 63 heavy (non-hydrogen) atoms. The van der Waals surface area contributed by atoms with Crippen LogP contribution in [0.15, 0.2) is 237 Å². The summed E-state index contributed by atoms with van der Waals surface area (Å²) in [4.78, 5) is 2.41. The van der Waals surface area contributed by atoms with Crippen LogP contribution in [0.4, 0.5) is 17.1 Å². The molecule has 2 aliphatic carbocycles. The van der Waals surface area contributed by atoms with Crippen LogP contribution in [-0.4, -0.2) is 0 Å². The van der Waals surface area contributed by atoms with E-state index in [1.807, 2.05) is 0 Å². The summed E-state index contributed by atoms with van der Waals surface area (Å²) in [5.74, 6) is 0. The Morgan fingerprint density at radius 1 is 0.286 bits per heavy atom. The predicted molar refractivity (Wildman–Crippen MR) is 264 cm³/mol. The van der Waals surface area contributed by atoms with Gasteiger partial charge in [0, 0.05) is 22.2 Å². The maximum atomic E-state index is 2.47. The van der Waals surface area contributed by atoms with Crippen molar-refractivity contribution in [1.29, 1.82) is 0 Å². The molecule has 0 N–H and O–H groups in total. The summed E-state index contributed by atoms with van der Waals surface area (Å²) < 4.78 is 0. The van der Waals surface area contributed by atoms with Crippen LogP contribution in [0.2, 0.25) is 0 Å². The molecule has 10 aromatic carbocycles. The van der Waals surface area contributed by atoms with Gasteiger partial charge in [0.2, 0.25) is 0 Å². The van der Waals surface area contributed by atoms with E-state index in [1.165, 1.54) is 88.7 Å². The van der Waals surface area contributed by atoms with Crippen LogP contribution in [0.1, 0.15) is 47.2 Å². The van der Waals surface area contributed by atoms with E-state index >= 15 is 0 Å². The number of rotatable bonds is 6. The van der Waals surface area contributed by atoms with Crippen LogP contribution in [0.3, 0.4) is 0 Å². The van der Waals surface area contributed by atoms with Gasteiger partial charge in [0.1, 0.15) is 0 Å². The third-order valence-electron chi connectivity index (χ3n) is 14.0. The van der Waals surface area contributed by atoms with Gasteiger partial charge in [0.25, 0.3) is 0 Å². The molecule has 0 saturated heterocycles. The lowest BCUT2D eigenvalue weighted by Gasteiger charge is -2.46. The second-order valence-electron chi connectivity index (χ2n) is 17.6. The first-order chi connectivity index (χ1) is 31.0. The highest BCUT2D eigenvalue weighted by Crippen LogP contribution is 2.62. The van der Waals surface area contributed by atoms with Crippen LogP contribution in [0, 0.1) is 0 Å². The van der Waals surface area contributed by atoms with Gasteiger partial charge >= 0.3 is 0 Å². The van der Waals surface area contributed by atoms with Crippen LogP contribution in [-0.2, 0) is 10.8 Å². The molecule has 0 aromatic heterocycles. The van der Waals surface area contributed by atoms with Crippen molar-refractivity contribution in [1.82, 2.24) is 0 Å². The van der Waals surface area contributed by atoms with Crippen LogP contribution < -0.4 is 4.90 Å². The lowest BCUT2D eigenvalue weighted by molar-refractivity contribution is 0.563. The molecule has 298 valence electrons. The Labute approximate surface area is 370 Å². The second kappa shape index (κ2) is 14.4. The molecule has 0 bridgehead atoms. The zero-order valence-corrected chi connectivity index (χ0v) is 35.5. The van der Waals surface area contributed by atoms with Gasteiger partial charge in [0.15, 0.2) is 0 Å². The lowest BCUT2D eigenvalue weighted by atomic mass is 9.55. The fourth-order valence-corrected chi connectivity index (χ4v) is 11.1. The Morgan fingerprint density at radius 3 is 1.29 bits per heavy atom. The summed E-state index contributed by atoms with van der Waals surface area (Å²) in [6, 6.07) is 87.6. The van der Waals surface area contributed by atoms with Gasteiger partial charge in [0.05, 0.1) is 11.1 Å². The largest absolute Gasteiger partial charge is 0.310 e. The van der Waals surface area contributed by atoms with Crippen LogP contribution in [0.25, 0.3) is 55.3 Å². The Morgan fingerprint density at radius 2 is 0.714 bits per heavy atom. The third-order valence-corrected chi connectivity index (χ3v) is 14.0. The van der Waals surface area contributed by atoms with E-state index in [0.29, 0.717) is 0 Å². The van der Waals surface area contributed by atoms with Gasteiger partial charge in [-0.3, -0.25) is 0 Å². The number of anilines is 3. The second-order valence-corrected chi connectivity index (χ2v) is 17.6. The standard InChI is InChI=1S/C62H45N/c1-61(2)56-25-13-15-27-58(56)62(59-28-16-14-26-57(59)61)54-24-12-11-22-51(54)53-41-46(33-39-55(53)62)49-38-40-60(52-23-10-9-21-50(49)52)63(47-34-29-44(30-35-47)42-17-5-3-6-18-42)48-36-31-45(32-37-48)43-19-7-4-8-20-43/h3-41H,1-2H3. The number of benzene rings is 10. The van der Waals surface area contributed by atoms with Crippen molar-refractivity contribution in [3.8, 4) is 44.5 Å². The molecule has 10 aromatic rings. The van der Waals surface area contributed by atoms with E-state index in [9.17, 15) is 0 Å². The summed E-state index contributed by atoms with van der Waals surface area (Å²) in [7, 11) is 0. The molecule has 0 amide bonds. The van der Waals surface area contributed by atoms with Gasteiger partial charge in [-0.1, -0.05) is 214 Å². The van der Waals surface area contributed by atoms with E-state index in [0.717, 1.165) is 17.1 Å². The molecule has 0 saturated carbocycles. The van der Waals surface area contributed by atoms with Crippen molar-refractivity contribution >= 4 is 27.8 Å². The van der Waals surface area contributed by atoms with E-state index in [4.69, 9.17) is 0 Å². The Balaban J connectivity index is 1.02. The molecule has 1 spiro atoms. The van der Waals surface area contributed by atoms with E-state index in [-0.39, 0.29) is 5.41 Å². The average molecular weight is 804 g/mol. The quantitative estimate of drug-likeness (QED) is 0.162. The molecule has 0 unspecified atom stereocenters. The molecular weight excluding hydrogens is 759 g/mol. The fraction of sp³-hybridized carbons (Fsp3) is 0.0645. The zero-order valence-electron chi connectivity index (χ0n) is 35.5. The normalized spacial score (nSPS) is 13.8. The van der Waals surface area contributed by atoms with Crippen molar-refractivity contribution in [3.63, 3.8) is 0 Å². The third kappa shape index (κ3) is 5.63. The fourth-order valence-electron chi connectivity index (χ4n) is 11.1. The molecule has 0 heterocycles. The number of hydrogen-bond donors (Lipinski definition) is 0. The van der Waals surface area contributed by atoms with E-state index < -0.39 is 5.41 Å². The highest BCUT2D eigenvalue weighted by molar-refractivity contribution is 6.07.